The fraction of sp³-hybridized carbons (Fsp3) is 0.818. The lowest BCUT2D eigenvalue weighted by Crippen LogP contribution is -2.52. The molecule has 2 aliphatic heterocycles. The van der Waals surface area contributed by atoms with Crippen LogP contribution in [-0.2, 0) is 11.2 Å². The van der Waals surface area contributed by atoms with Crippen LogP contribution in [0, 0.1) is 11.8 Å². The molecule has 1 amide bonds. The Morgan fingerprint density at radius 2 is 2.14 bits per heavy atom. The van der Waals surface area contributed by atoms with Crippen LogP contribution < -0.4 is 0 Å². The molecule has 0 aliphatic carbocycles. The molecule has 0 saturated carbocycles. The molecule has 2 fully saturated rings. The molecule has 1 aromatic rings. The van der Waals surface area contributed by atoms with Crippen molar-refractivity contribution in [3.63, 3.8) is 0 Å². The number of piperidine rings is 2. The standard InChI is InChI=1S/C22H38N4O2/c1-17(2)9-10-19-15-20(24-23-19)22(27)26(13-14-28-3)16-18-7-6-12-25-11-5-4-8-21(18)25/h15,17-18,21H,4-14,16H2,1-3H3,(H,23,24). The Kier molecular flexibility index (Phi) is 7.91. The van der Waals surface area contributed by atoms with Gasteiger partial charge in [0.1, 0.15) is 5.69 Å². The molecular formula is C22H38N4O2. The number of aryl methyl sites for hydroxylation is 1. The van der Waals surface area contributed by atoms with Crippen molar-refractivity contribution in [1.82, 2.24) is 20.0 Å². The van der Waals surface area contributed by atoms with Crippen LogP contribution in [0.2, 0.25) is 0 Å². The second kappa shape index (κ2) is 10.4. The summed E-state index contributed by atoms with van der Waals surface area (Å²) in [5.41, 5.74) is 1.60. The fourth-order valence-electron chi connectivity index (χ4n) is 4.76. The van der Waals surface area contributed by atoms with Crippen LogP contribution in [0.5, 0.6) is 0 Å². The first-order chi connectivity index (χ1) is 13.6. The molecule has 2 saturated heterocycles. The summed E-state index contributed by atoms with van der Waals surface area (Å²) in [5, 5.41) is 7.40. The van der Waals surface area contributed by atoms with Gasteiger partial charge < -0.3 is 14.5 Å². The highest BCUT2D eigenvalue weighted by Crippen LogP contribution is 2.31. The Morgan fingerprint density at radius 3 is 2.93 bits per heavy atom. The van der Waals surface area contributed by atoms with Gasteiger partial charge in [-0.15, -0.1) is 0 Å². The third kappa shape index (κ3) is 5.57. The average molecular weight is 391 g/mol. The predicted octanol–water partition coefficient (Wildman–Crippen LogP) is 3.35. The Bertz CT molecular complexity index is 613. The minimum absolute atomic E-state index is 0.0389. The van der Waals surface area contributed by atoms with Gasteiger partial charge >= 0.3 is 0 Å². The Balaban J connectivity index is 1.66. The highest BCUT2D eigenvalue weighted by Gasteiger charge is 2.35. The SMILES string of the molecule is COCCN(CC1CCCN2CCCCC12)C(=O)c1cc(CCC(C)C)[nH]n1. The van der Waals surface area contributed by atoms with Crippen molar-refractivity contribution in [1.29, 1.82) is 0 Å². The number of rotatable bonds is 9. The summed E-state index contributed by atoms with van der Waals surface area (Å²) in [7, 11) is 1.70. The number of ether oxygens (including phenoxy) is 1. The van der Waals surface area contributed by atoms with Gasteiger partial charge in [-0.1, -0.05) is 20.3 Å². The largest absolute Gasteiger partial charge is 0.383 e. The van der Waals surface area contributed by atoms with E-state index in [1.54, 1.807) is 7.11 Å². The van der Waals surface area contributed by atoms with Gasteiger partial charge in [0.25, 0.3) is 5.91 Å². The van der Waals surface area contributed by atoms with Crippen LogP contribution >= 0.6 is 0 Å². The number of nitrogens with zero attached hydrogens (tertiary/aromatic N) is 3. The summed E-state index contributed by atoms with van der Waals surface area (Å²) < 4.78 is 5.29. The van der Waals surface area contributed by atoms with E-state index in [2.05, 4.69) is 28.9 Å². The number of H-pyrrole nitrogens is 1. The van der Waals surface area contributed by atoms with Crippen molar-refractivity contribution in [2.45, 2.75) is 64.8 Å². The van der Waals surface area contributed by atoms with Crippen LogP contribution in [0.25, 0.3) is 0 Å². The number of carbonyl (C=O) groups is 1. The van der Waals surface area contributed by atoms with E-state index in [0.29, 0.717) is 36.7 Å². The highest BCUT2D eigenvalue weighted by molar-refractivity contribution is 5.92. The molecule has 2 unspecified atom stereocenters. The van der Waals surface area contributed by atoms with Gasteiger partial charge in [-0.2, -0.15) is 5.10 Å². The van der Waals surface area contributed by atoms with Gasteiger partial charge in [-0.3, -0.25) is 9.89 Å². The monoisotopic (exact) mass is 390 g/mol. The van der Waals surface area contributed by atoms with E-state index in [4.69, 9.17) is 4.74 Å². The molecule has 158 valence electrons. The number of aromatic amines is 1. The Morgan fingerprint density at radius 1 is 1.32 bits per heavy atom. The fourth-order valence-corrected chi connectivity index (χ4v) is 4.76. The second-order valence-electron chi connectivity index (χ2n) is 8.96. The number of nitrogens with one attached hydrogen (secondary N) is 1. The smallest absolute Gasteiger partial charge is 0.274 e. The highest BCUT2D eigenvalue weighted by atomic mass is 16.5. The van der Waals surface area contributed by atoms with Gasteiger partial charge in [0.15, 0.2) is 0 Å². The minimum Gasteiger partial charge on any atom is -0.383 e. The summed E-state index contributed by atoms with van der Waals surface area (Å²) in [6.07, 6.45) is 8.43. The van der Waals surface area contributed by atoms with Gasteiger partial charge in [-0.25, -0.2) is 0 Å². The second-order valence-corrected chi connectivity index (χ2v) is 8.96. The number of hydrogen-bond acceptors (Lipinski definition) is 4. The normalized spacial score (nSPS) is 23.0. The summed E-state index contributed by atoms with van der Waals surface area (Å²) >= 11 is 0. The van der Waals surface area contributed by atoms with E-state index < -0.39 is 0 Å². The first-order valence-corrected chi connectivity index (χ1v) is 11.1. The van der Waals surface area contributed by atoms with E-state index in [1.807, 2.05) is 11.0 Å². The predicted molar refractivity (Wildman–Crippen MR) is 111 cm³/mol. The van der Waals surface area contributed by atoms with Crippen LogP contribution in [0.3, 0.4) is 0 Å². The van der Waals surface area contributed by atoms with Crippen molar-refractivity contribution in [3.05, 3.63) is 17.5 Å². The van der Waals surface area contributed by atoms with Crippen LogP contribution in [0.1, 0.15) is 68.6 Å². The van der Waals surface area contributed by atoms with Crippen molar-refractivity contribution < 1.29 is 9.53 Å². The van der Waals surface area contributed by atoms with E-state index in [-0.39, 0.29) is 5.91 Å². The molecule has 0 spiro atoms. The molecule has 2 aliphatic rings. The van der Waals surface area contributed by atoms with Crippen LogP contribution in [0.4, 0.5) is 0 Å². The molecule has 3 heterocycles. The number of amides is 1. The van der Waals surface area contributed by atoms with Crippen molar-refractivity contribution in [3.8, 4) is 0 Å². The molecule has 3 rings (SSSR count). The summed E-state index contributed by atoms with van der Waals surface area (Å²) in [6.45, 7) is 8.90. The Hall–Kier alpha value is -1.40. The maximum atomic E-state index is 13.2. The minimum atomic E-state index is 0.0389. The maximum absolute atomic E-state index is 13.2. The average Bonchev–Trinajstić information content (AvgIpc) is 3.18. The molecule has 1 aromatic heterocycles. The molecule has 6 nitrogen and oxygen atoms in total. The van der Waals surface area contributed by atoms with Gasteiger partial charge in [0.05, 0.1) is 6.61 Å². The lowest BCUT2D eigenvalue weighted by Gasteiger charge is -2.45. The first-order valence-electron chi connectivity index (χ1n) is 11.1. The van der Waals surface area contributed by atoms with Crippen molar-refractivity contribution >= 4 is 5.91 Å². The number of fused-ring (bicyclic) bond motifs is 1. The van der Waals surface area contributed by atoms with E-state index in [9.17, 15) is 4.79 Å². The van der Waals surface area contributed by atoms with E-state index >= 15 is 0 Å². The molecule has 0 radical (unpaired) electrons. The van der Waals surface area contributed by atoms with E-state index in [0.717, 1.165) is 25.1 Å². The van der Waals surface area contributed by atoms with Crippen molar-refractivity contribution in [2.75, 3.05) is 39.9 Å². The van der Waals surface area contributed by atoms with Gasteiger partial charge in [0, 0.05) is 31.9 Å². The molecule has 1 N–H and O–H groups in total. The number of methoxy groups -OCH3 is 1. The van der Waals surface area contributed by atoms with E-state index in [1.165, 1.54) is 45.2 Å². The lowest BCUT2D eigenvalue weighted by atomic mass is 9.83. The zero-order valence-corrected chi connectivity index (χ0v) is 18.0. The summed E-state index contributed by atoms with van der Waals surface area (Å²) in [6, 6.07) is 2.58. The van der Waals surface area contributed by atoms with Crippen LogP contribution in [-0.4, -0.2) is 71.8 Å². The topological polar surface area (TPSA) is 61.5 Å². The zero-order chi connectivity index (χ0) is 19.9. The van der Waals surface area contributed by atoms with Gasteiger partial charge in [-0.05, 0) is 69.5 Å². The third-order valence-electron chi connectivity index (χ3n) is 6.38. The first kappa shape index (κ1) is 21.3. The number of carbonyl (C=O) groups excluding carboxylic acids is 1. The summed E-state index contributed by atoms with van der Waals surface area (Å²) in [5.74, 6) is 1.25. The maximum Gasteiger partial charge on any atom is 0.274 e. The third-order valence-corrected chi connectivity index (χ3v) is 6.38. The lowest BCUT2D eigenvalue weighted by molar-refractivity contribution is 0.0313. The molecule has 0 aromatic carbocycles. The zero-order valence-electron chi connectivity index (χ0n) is 18.0. The molecular weight excluding hydrogens is 352 g/mol. The summed E-state index contributed by atoms with van der Waals surface area (Å²) in [4.78, 5) is 17.9. The number of aromatic nitrogens is 2. The number of hydrogen-bond donors (Lipinski definition) is 1. The molecule has 6 heteroatoms. The molecule has 2 atom stereocenters. The molecule has 28 heavy (non-hydrogen) atoms. The van der Waals surface area contributed by atoms with Crippen molar-refractivity contribution in [2.24, 2.45) is 11.8 Å². The van der Waals surface area contributed by atoms with Gasteiger partial charge in [0.2, 0.25) is 0 Å². The molecule has 0 bridgehead atoms. The van der Waals surface area contributed by atoms with Crippen LogP contribution in [0.15, 0.2) is 6.07 Å². The quantitative estimate of drug-likeness (QED) is 0.702. The Labute approximate surface area is 170 Å².